The lowest BCUT2D eigenvalue weighted by Crippen LogP contribution is -2.41. The summed E-state index contributed by atoms with van der Waals surface area (Å²) in [6, 6.07) is 19.4. The number of carbonyl (C=O) groups is 2. The monoisotopic (exact) mass is 465 g/mol. The molecule has 1 aliphatic rings. The maximum Gasteiger partial charge on any atom is 0.269 e. The third-order valence-electron chi connectivity index (χ3n) is 4.57. The van der Waals surface area contributed by atoms with Gasteiger partial charge in [-0.15, -0.1) is 0 Å². The van der Waals surface area contributed by atoms with Gasteiger partial charge in [-0.2, -0.15) is 0 Å². The summed E-state index contributed by atoms with van der Waals surface area (Å²) in [7, 11) is -3.73. The Balaban J connectivity index is 1.32. The van der Waals surface area contributed by atoms with Crippen molar-refractivity contribution in [2.45, 2.75) is 0 Å². The molecule has 3 aromatic rings. The quantitative estimate of drug-likeness (QED) is 0.481. The number of amides is 2. The minimum absolute atomic E-state index is 0.0899. The van der Waals surface area contributed by atoms with Gasteiger partial charge >= 0.3 is 0 Å². The van der Waals surface area contributed by atoms with Crippen LogP contribution < -0.4 is 25.0 Å². The van der Waals surface area contributed by atoms with E-state index < -0.39 is 21.8 Å². The van der Waals surface area contributed by atoms with E-state index in [0.29, 0.717) is 11.5 Å². The van der Waals surface area contributed by atoms with Crippen LogP contribution in [0.4, 0.5) is 5.69 Å². The topological polar surface area (TPSA) is 123 Å². The Bertz CT molecular complexity index is 1310. The van der Waals surface area contributed by atoms with Crippen LogP contribution in [0.2, 0.25) is 0 Å². The van der Waals surface area contributed by atoms with E-state index in [4.69, 9.17) is 9.47 Å². The van der Waals surface area contributed by atoms with Crippen LogP contribution in [0, 0.1) is 0 Å². The number of benzene rings is 3. The molecule has 0 atom stereocenters. The summed E-state index contributed by atoms with van der Waals surface area (Å²) in [5.74, 6) is -0.105. The number of hydrogen-bond donors (Lipinski definition) is 3. The summed E-state index contributed by atoms with van der Waals surface area (Å²) in [5.41, 5.74) is 6.17. The van der Waals surface area contributed by atoms with Gasteiger partial charge in [0.1, 0.15) is 0 Å². The van der Waals surface area contributed by atoms with Gasteiger partial charge in [0.25, 0.3) is 21.8 Å². The summed E-state index contributed by atoms with van der Waals surface area (Å²) in [6.07, 6.45) is 1.48. The zero-order chi connectivity index (χ0) is 23.3. The maximum atomic E-state index is 12.3. The molecule has 0 radical (unpaired) electrons. The van der Waals surface area contributed by atoms with Crippen molar-refractivity contribution in [3.63, 3.8) is 0 Å². The Morgan fingerprint density at radius 2 is 1.42 bits per heavy atom. The van der Waals surface area contributed by atoms with E-state index in [0.717, 1.165) is 11.0 Å². The van der Waals surface area contributed by atoms with E-state index in [9.17, 15) is 18.0 Å². The number of fused-ring (bicyclic) bond motifs is 1. The Hall–Kier alpha value is -4.31. The Labute approximate surface area is 190 Å². The fourth-order valence-corrected chi connectivity index (χ4v) is 3.78. The number of hydrogen-bond acceptors (Lipinski definition) is 6. The lowest BCUT2D eigenvalue weighted by atomic mass is 10.2. The Morgan fingerprint density at radius 1 is 0.788 bits per heavy atom. The first-order valence-electron chi connectivity index (χ1n) is 9.76. The van der Waals surface area contributed by atoms with Gasteiger partial charge in [-0.3, -0.25) is 25.2 Å². The summed E-state index contributed by atoms with van der Waals surface area (Å²) in [5, 5.41) is 1.06. The highest BCUT2D eigenvalue weighted by Gasteiger charge is 2.17. The Morgan fingerprint density at radius 3 is 2.15 bits per heavy atom. The van der Waals surface area contributed by atoms with E-state index in [1.165, 1.54) is 36.4 Å². The van der Waals surface area contributed by atoms with Gasteiger partial charge in [-0.1, -0.05) is 30.3 Å². The van der Waals surface area contributed by atoms with Gasteiger partial charge in [0.2, 0.25) is 6.79 Å². The molecule has 1 heterocycles. The normalized spacial score (nSPS) is 12.4. The third kappa shape index (κ3) is 5.69. The largest absolute Gasteiger partial charge is 0.454 e. The zero-order valence-electron chi connectivity index (χ0n) is 17.1. The van der Waals surface area contributed by atoms with Crippen LogP contribution in [-0.4, -0.2) is 27.0 Å². The van der Waals surface area contributed by atoms with Crippen LogP contribution in [0.5, 0.6) is 11.5 Å². The van der Waals surface area contributed by atoms with Gasteiger partial charge < -0.3 is 9.47 Å². The van der Waals surface area contributed by atoms with Crippen LogP contribution in [-0.2, 0) is 10.0 Å². The second-order valence-corrected chi connectivity index (χ2v) is 8.48. The molecule has 0 aliphatic carbocycles. The zero-order valence-corrected chi connectivity index (χ0v) is 18.0. The molecule has 0 spiro atoms. The lowest BCUT2D eigenvalue weighted by Gasteiger charge is -2.09. The smallest absolute Gasteiger partial charge is 0.269 e. The van der Waals surface area contributed by atoms with Crippen molar-refractivity contribution in [3.8, 4) is 11.5 Å². The number of hydrazine groups is 1. The minimum atomic E-state index is -3.73. The van der Waals surface area contributed by atoms with Gasteiger partial charge in [-0.25, -0.2) is 8.42 Å². The summed E-state index contributed by atoms with van der Waals surface area (Å²) in [4.78, 5) is 24.6. The highest BCUT2D eigenvalue weighted by molar-refractivity contribution is 7.95. The van der Waals surface area contributed by atoms with Crippen molar-refractivity contribution in [1.82, 2.24) is 10.9 Å². The van der Waals surface area contributed by atoms with Crippen molar-refractivity contribution >= 4 is 33.6 Å². The highest BCUT2D eigenvalue weighted by Crippen LogP contribution is 2.32. The van der Waals surface area contributed by atoms with E-state index in [2.05, 4.69) is 15.6 Å². The van der Waals surface area contributed by atoms with Crippen LogP contribution in [0.1, 0.15) is 26.3 Å². The first kappa shape index (κ1) is 21.9. The molecular formula is C23H19N3O6S. The first-order chi connectivity index (χ1) is 15.9. The summed E-state index contributed by atoms with van der Waals surface area (Å²) >= 11 is 0. The predicted octanol–water partition coefficient (Wildman–Crippen LogP) is 2.90. The summed E-state index contributed by atoms with van der Waals surface area (Å²) < 4.78 is 37.3. The van der Waals surface area contributed by atoms with Gasteiger partial charge in [0.15, 0.2) is 11.5 Å². The summed E-state index contributed by atoms with van der Waals surface area (Å²) in [6.45, 7) is 0.0899. The molecule has 4 rings (SSSR count). The van der Waals surface area contributed by atoms with Gasteiger partial charge in [-0.05, 0) is 54.1 Å². The van der Waals surface area contributed by atoms with Crippen LogP contribution in [0.3, 0.4) is 0 Å². The molecule has 0 unspecified atom stereocenters. The molecule has 2 amide bonds. The molecule has 9 nitrogen and oxygen atoms in total. The van der Waals surface area contributed by atoms with Crippen molar-refractivity contribution in [1.29, 1.82) is 0 Å². The van der Waals surface area contributed by atoms with Crippen molar-refractivity contribution < 1.29 is 27.5 Å². The van der Waals surface area contributed by atoms with E-state index >= 15 is 0 Å². The van der Waals surface area contributed by atoms with Gasteiger partial charge in [0, 0.05) is 16.8 Å². The van der Waals surface area contributed by atoms with Crippen molar-refractivity contribution in [2.24, 2.45) is 0 Å². The second-order valence-electron chi connectivity index (χ2n) is 6.91. The fraction of sp³-hybridized carbons (Fsp3) is 0.0435. The molecule has 3 aromatic carbocycles. The molecule has 168 valence electrons. The molecule has 0 bridgehead atoms. The van der Waals surface area contributed by atoms with Crippen LogP contribution in [0.25, 0.3) is 6.08 Å². The minimum Gasteiger partial charge on any atom is -0.454 e. The number of sulfonamides is 1. The molecule has 10 heteroatoms. The number of carbonyl (C=O) groups excluding carboxylic acids is 2. The standard InChI is InChI=1S/C23H19N3O6S/c27-22(24-25-23(28)18-8-11-20-21(14-18)32-15-31-20)17-6-9-19(10-7-17)26-33(29,30)13-12-16-4-2-1-3-5-16/h1-14,26H,15H2,(H,24,27)(H,25,28)/b13-12+. The van der Waals surface area contributed by atoms with Crippen molar-refractivity contribution in [3.05, 3.63) is 94.9 Å². The van der Waals surface area contributed by atoms with E-state index in [1.807, 2.05) is 6.07 Å². The second kappa shape index (κ2) is 9.45. The lowest BCUT2D eigenvalue weighted by molar-refractivity contribution is 0.0846. The average Bonchev–Trinajstić information content (AvgIpc) is 3.30. The average molecular weight is 465 g/mol. The molecule has 0 fully saturated rings. The SMILES string of the molecule is O=C(NNC(=O)c1ccc2c(c1)OCO2)c1ccc(NS(=O)(=O)/C=C/c2ccccc2)cc1. The van der Waals surface area contributed by atoms with Crippen LogP contribution in [0.15, 0.2) is 78.2 Å². The molecule has 0 saturated heterocycles. The predicted molar refractivity (Wildman–Crippen MR) is 122 cm³/mol. The number of ether oxygens (including phenoxy) is 2. The maximum absolute atomic E-state index is 12.3. The highest BCUT2D eigenvalue weighted by atomic mass is 32.2. The van der Waals surface area contributed by atoms with E-state index in [-0.39, 0.29) is 23.6 Å². The fourth-order valence-electron chi connectivity index (χ4n) is 2.92. The molecule has 1 aliphatic heterocycles. The number of nitrogens with one attached hydrogen (secondary N) is 3. The van der Waals surface area contributed by atoms with E-state index in [1.54, 1.807) is 36.4 Å². The molecular weight excluding hydrogens is 446 g/mol. The Kier molecular flexibility index (Phi) is 6.27. The third-order valence-corrected chi connectivity index (χ3v) is 5.59. The molecule has 0 aromatic heterocycles. The molecule has 3 N–H and O–H groups in total. The van der Waals surface area contributed by atoms with Crippen LogP contribution >= 0.6 is 0 Å². The van der Waals surface area contributed by atoms with Crippen molar-refractivity contribution in [2.75, 3.05) is 11.5 Å². The molecule has 0 saturated carbocycles. The van der Waals surface area contributed by atoms with Gasteiger partial charge in [0.05, 0.1) is 5.41 Å². The number of anilines is 1. The molecule has 33 heavy (non-hydrogen) atoms. The number of rotatable bonds is 6. The first-order valence-corrected chi connectivity index (χ1v) is 11.3.